The average molecular weight is 283 g/mol. The molecule has 3 rings (SSSR count). The first-order valence-corrected chi connectivity index (χ1v) is 7.62. The highest BCUT2D eigenvalue weighted by Gasteiger charge is 2.23. The number of rotatable bonds is 2. The number of nitrogens with zero attached hydrogens (tertiary/aromatic N) is 3. The molecule has 1 aliphatic carbocycles. The number of carbonyl (C=O) groups is 1. The van der Waals surface area contributed by atoms with Gasteiger partial charge in [0.15, 0.2) is 0 Å². The summed E-state index contributed by atoms with van der Waals surface area (Å²) < 4.78 is 1.59. The monoisotopic (exact) mass is 283 g/mol. The summed E-state index contributed by atoms with van der Waals surface area (Å²) in [6.45, 7) is 0. The Labute approximate surface area is 125 Å². The van der Waals surface area contributed by atoms with E-state index >= 15 is 0 Å². The molecule has 1 aromatic carbocycles. The number of amides is 1. The summed E-state index contributed by atoms with van der Waals surface area (Å²) in [7, 11) is 1.90. The summed E-state index contributed by atoms with van der Waals surface area (Å²) in [6, 6.07) is 10.3. The van der Waals surface area contributed by atoms with Gasteiger partial charge in [-0.3, -0.25) is 4.57 Å². The Morgan fingerprint density at radius 3 is 2.62 bits per heavy atom. The van der Waals surface area contributed by atoms with E-state index in [0.717, 1.165) is 24.1 Å². The lowest BCUT2D eigenvalue weighted by atomic mass is 9.95. The Bertz CT molecular complexity index is 600. The molecule has 0 N–H and O–H groups in total. The van der Waals surface area contributed by atoms with E-state index in [2.05, 4.69) is 4.98 Å². The number of aromatic nitrogens is 2. The second-order valence-electron chi connectivity index (χ2n) is 5.72. The maximum Gasteiger partial charge on any atom is 0.329 e. The Morgan fingerprint density at radius 1 is 1.19 bits per heavy atom. The molecule has 1 heterocycles. The van der Waals surface area contributed by atoms with Crippen LogP contribution in [0.2, 0.25) is 0 Å². The first kappa shape index (κ1) is 13.9. The van der Waals surface area contributed by atoms with Crippen LogP contribution in [0.15, 0.2) is 42.9 Å². The molecule has 1 aromatic heterocycles. The second-order valence-corrected chi connectivity index (χ2v) is 5.72. The van der Waals surface area contributed by atoms with Crippen molar-refractivity contribution in [3.05, 3.63) is 42.9 Å². The van der Waals surface area contributed by atoms with E-state index in [1.54, 1.807) is 10.9 Å². The summed E-state index contributed by atoms with van der Waals surface area (Å²) in [5.41, 5.74) is 1.87. The van der Waals surface area contributed by atoms with E-state index in [9.17, 15) is 4.79 Å². The summed E-state index contributed by atoms with van der Waals surface area (Å²) in [5, 5.41) is 0. The predicted octanol–water partition coefficient (Wildman–Crippen LogP) is 3.78. The van der Waals surface area contributed by atoms with Gasteiger partial charge in [0.05, 0.1) is 5.69 Å². The van der Waals surface area contributed by atoms with Crippen molar-refractivity contribution in [3.63, 3.8) is 0 Å². The molecule has 1 fully saturated rings. The van der Waals surface area contributed by atoms with Gasteiger partial charge in [0.2, 0.25) is 0 Å². The molecule has 0 radical (unpaired) electrons. The molecule has 1 amide bonds. The third kappa shape index (κ3) is 2.99. The number of carbonyl (C=O) groups excluding carboxylic acids is 1. The molecule has 0 unspecified atom stereocenters. The summed E-state index contributed by atoms with van der Waals surface area (Å²) >= 11 is 0. The van der Waals surface area contributed by atoms with Crippen molar-refractivity contribution in [1.29, 1.82) is 0 Å². The largest absolute Gasteiger partial charge is 0.329 e. The third-order valence-corrected chi connectivity index (χ3v) is 4.30. The van der Waals surface area contributed by atoms with E-state index in [-0.39, 0.29) is 6.03 Å². The minimum absolute atomic E-state index is 0.0107. The molecule has 1 saturated carbocycles. The molecule has 0 bridgehead atoms. The Balaban J connectivity index is 1.74. The van der Waals surface area contributed by atoms with Gasteiger partial charge in [0.1, 0.15) is 6.33 Å². The average Bonchev–Trinajstić information content (AvgIpc) is 3.05. The summed E-state index contributed by atoms with van der Waals surface area (Å²) in [4.78, 5) is 18.8. The van der Waals surface area contributed by atoms with Crippen molar-refractivity contribution in [3.8, 4) is 11.3 Å². The van der Waals surface area contributed by atoms with E-state index < -0.39 is 0 Å². The van der Waals surface area contributed by atoms with Gasteiger partial charge in [-0.05, 0) is 12.8 Å². The van der Waals surface area contributed by atoms with Crippen molar-refractivity contribution in [2.24, 2.45) is 0 Å². The van der Waals surface area contributed by atoms with Crippen LogP contribution in [-0.4, -0.2) is 33.6 Å². The standard InChI is InChI=1S/C17H21N3O/c1-19(15-10-6-3-7-11-15)17(21)20-12-16(18-13-20)14-8-4-2-5-9-14/h2,4-5,8-9,12-13,15H,3,6-7,10-11H2,1H3. The number of imidazole rings is 1. The van der Waals surface area contributed by atoms with E-state index in [1.165, 1.54) is 19.3 Å². The van der Waals surface area contributed by atoms with Crippen LogP contribution in [0.25, 0.3) is 11.3 Å². The lowest BCUT2D eigenvalue weighted by Crippen LogP contribution is -2.40. The van der Waals surface area contributed by atoms with E-state index in [0.29, 0.717) is 6.04 Å². The fourth-order valence-electron chi connectivity index (χ4n) is 2.99. The molecule has 2 aromatic rings. The molecule has 1 aliphatic rings. The van der Waals surface area contributed by atoms with Gasteiger partial charge >= 0.3 is 6.03 Å². The fraction of sp³-hybridized carbons (Fsp3) is 0.412. The van der Waals surface area contributed by atoms with Crippen molar-refractivity contribution < 1.29 is 4.79 Å². The minimum Gasteiger partial charge on any atom is -0.324 e. The molecular formula is C17H21N3O. The topological polar surface area (TPSA) is 38.1 Å². The Hall–Kier alpha value is -2.10. The molecule has 4 heteroatoms. The predicted molar refractivity (Wildman–Crippen MR) is 83.1 cm³/mol. The van der Waals surface area contributed by atoms with Crippen molar-refractivity contribution >= 4 is 6.03 Å². The van der Waals surface area contributed by atoms with Crippen LogP contribution in [0.4, 0.5) is 4.79 Å². The summed E-state index contributed by atoms with van der Waals surface area (Å²) in [5.74, 6) is 0. The lowest BCUT2D eigenvalue weighted by Gasteiger charge is -2.31. The highest BCUT2D eigenvalue weighted by Crippen LogP contribution is 2.23. The maximum absolute atomic E-state index is 12.5. The first-order chi connectivity index (χ1) is 10.3. The smallest absolute Gasteiger partial charge is 0.324 e. The van der Waals surface area contributed by atoms with Gasteiger partial charge in [0, 0.05) is 24.8 Å². The molecule has 4 nitrogen and oxygen atoms in total. The van der Waals surface area contributed by atoms with Gasteiger partial charge in [-0.25, -0.2) is 9.78 Å². The number of hydrogen-bond donors (Lipinski definition) is 0. The van der Waals surface area contributed by atoms with Crippen LogP contribution in [0.3, 0.4) is 0 Å². The normalized spacial score (nSPS) is 15.9. The Kier molecular flexibility index (Phi) is 4.04. The van der Waals surface area contributed by atoms with Crippen LogP contribution in [-0.2, 0) is 0 Å². The van der Waals surface area contributed by atoms with Gasteiger partial charge < -0.3 is 4.90 Å². The molecular weight excluding hydrogens is 262 g/mol. The number of benzene rings is 1. The van der Waals surface area contributed by atoms with Gasteiger partial charge in [-0.2, -0.15) is 0 Å². The van der Waals surface area contributed by atoms with Gasteiger partial charge in [-0.1, -0.05) is 49.6 Å². The molecule has 0 saturated heterocycles. The highest BCUT2D eigenvalue weighted by molar-refractivity contribution is 5.78. The summed E-state index contributed by atoms with van der Waals surface area (Å²) in [6.07, 6.45) is 9.40. The molecule has 0 atom stereocenters. The third-order valence-electron chi connectivity index (χ3n) is 4.30. The zero-order chi connectivity index (χ0) is 14.7. The zero-order valence-corrected chi connectivity index (χ0v) is 12.4. The quantitative estimate of drug-likeness (QED) is 0.841. The van der Waals surface area contributed by atoms with Gasteiger partial charge in [0.25, 0.3) is 0 Å². The molecule has 21 heavy (non-hydrogen) atoms. The minimum atomic E-state index is 0.0107. The molecule has 0 spiro atoms. The van der Waals surface area contributed by atoms with Crippen LogP contribution < -0.4 is 0 Å². The van der Waals surface area contributed by atoms with E-state index in [1.807, 2.05) is 48.5 Å². The SMILES string of the molecule is CN(C(=O)n1cnc(-c2ccccc2)c1)C1CCCCC1. The van der Waals surface area contributed by atoms with Crippen molar-refractivity contribution in [2.45, 2.75) is 38.1 Å². The Morgan fingerprint density at radius 2 is 1.90 bits per heavy atom. The second kappa shape index (κ2) is 6.12. The van der Waals surface area contributed by atoms with Crippen LogP contribution in [0.1, 0.15) is 32.1 Å². The van der Waals surface area contributed by atoms with Crippen LogP contribution >= 0.6 is 0 Å². The lowest BCUT2D eigenvalue weighted by molar-refractivity contribution is 0.175. The highest BCUT2D eigenvalue weighted by atomic mass is 16.2. The van der Waals surface area contributed by atoms with Crippen LogP contribution in [0.5, 0.6) is 0 Å². The zero-order valence-electron chi connectivity index (χ0n) is 12.4. The number of hydrogen-bond acceptors (Lipinski definition) is 2. The fourth-order valence-corrected chi connectivity index (χ4v) is 2.99. The maximum atomic E-state index is 12.5. The molecule has 0 aliphatic heterocycles. The van der Waals surface area contributed by atoms with Crippen LogP contribution in [0, 0.1) is 0 Å². The molecule has 110 valence electrons. The van der Waals surface area contributed by atoms with Crippen molar-refractivity contribution in [1.82, 2.24) is 14.5 Å². The first-order valence-electron chi connectivity index (χ1n) is 7.62. The van der Waals surface area contributed by atoms with Gasteiger partial charge in [-0.15, -0.1) is 0 Å². The van der Waals surface area contributed by atoms with E-state index in [4.69, 9.17) is 0 Å². The van der Waals surface area contributed by atoms with Crippen molar-refractivity contribution in [2.75, 3.05) is 7.05 Å².